The average molecular weight is 286 g/mol. The van der Waals surface area contributed by atoms with Crippen LogP contribution in [0, 0.1) is 0 Å². The molecule has 0 radical (unpaired) electrons. The van der Waals surface area contributed by atoms with Crippen molar-refractivity contribution in [1.29, 1.82) is 0 Å². The number of carbonyl (C=O) groups is 1. The minimum Gasteiger partial charge on any atom is -0.467 e. The highest BCUT2D eigenvalue weighted by atomic mass is 32.2. The summed E-state index contributed by atoms with van der Waals surface area (Å²) in [7, 11) is -2.92. The predicted molar refractivity (Wildman–Crippen MR) is 70.2 cm³/mol. The summed E-state index contributed by atoms with van der Waals surface area (Å²) in [6, 6.07) is 2.98. The molecule has 7 heteroatoms. The average Bonchev–Trinajstić information content (AvgIpc) is 2.95. The Bertz CT molecular complexity index is 524. The Balaban J connectivity index is 1.76. The maximum atomic E-state index is 11.8. The normalized spacial score (nSPS) is 23.1. The first kappa shape index (κ1) is 14.1. The molecule has 2 unspecified atom stereocenters. The Kier molecular flexibility index (Phi) is 4.26. The molecule has 2 heterocycles. The lowest BCUT2D eigenvalue weighted by Gasteiger charge is -2.17. The molecule has 2 rings (SSSR count). The van der Waals surface area contributed by atoms with Crippen LogP contribution in [-0.2, 0) is 21.2 Å². The summed E-state index contributed by atoms with van der Waals surface area (Å²) in [6.07, 6.45) is 2.12. The number of furan rings is 1. The van der Waals surface area contributed by atoms with Gasteiger partial charge < -0.3 is 15.1 Å². The molecule has 1 aromatic heterocycles. The first-order valence-corrected chi connectivity index (χ1v) is 8.05. The van der Waals surface area contributed by atoms with Crippen LogP contribution in [0.15, 0.2) is 22.8 Å². The summed E-state index contributed by atoms with van der Waals surface area (Å²) in [4.78, 5) is 11.8. The van der Waals surface area contributed by atoms with Gasteiger partial charge in [-0.15, -0.1) is 0 Å². The third-order valence-electron chi connectivity index (χ3n) is 3.13. The third-order valence-corrected chi connectivity index (χ3v) is 4.90. The lowest BCUT2D eigenvalue weighted by molar-refractivity contribution is -0.123. The highest BCUT2D eigenvalue weighted by molar-refractivity contribution is 7.91. The molecular weight excluding hydrogens is 268 g/mol. The van der Waals surface area contributed by atoms with Crippen molar-refractivity contribution in [2.24, 2.45) is 0 Å². The van der Waals surface area contributed by atoms with E-state index in [9.17, 15) is 13.2 Å². The zero-order chi connectivity index (χ0) is 13.9. The Labute approximate surface area is 112 Å². The first-order chi connectivity index (χ1) is 8.96. The number of hydrogen-bond acceptors (Lipinski definition) is 5. The van der Waals surface area contributed by atoms with Gasteiger partial charge in [-0.1, -0.05) is 0 Å². The molecule has 1 fully saturated rings. The van der Waals surface area contributed by atoms with Crippen molar-refractivity contribution in [1.82, 2.24) is 10.6 Å². The second-order valence-corrected chi connectivity index (χ2v) is 7.01. The van der Waals surface area contributed by atoms with Crippen LogP contribution in [0.3, 0.4) is 0 Å². The highest BCUT2D eigenvalue weighted by Crippen LogP contribution is 2.11. The number of carbonyl (C=O) groups excluding carboxylic acids is 1. The quantitative estimate of drug-likeness (QED) is 0.799. The molecule has 1 aromatic rings. The molecule has 0 saturated carbocycles. The van der Waals surface area contributed by atoms with E-state index < -0.39 is 15.9 Å². The smallest absolute Gasteiger partial charge is 0.237 e. The summed E-state index contributed by atoms with van der Waals surface area (Å²) in [6.45, 7) is 2.06. The van der Waals surface area contributed by atoms with Crippen LogP contribution in [0.1, 0.15) is 19.1 Å². The van der Waals surface area contributed by atoms with E-state index in [1.807, 2.05) is 0 Å². The third kappa shape index (κ3) is 4.07. The number of amides is 1. The van der Waals surface area contributed by atoms with E-state index in [0.717, 1.165) is 0 Å². The predicted octanol–water partition coefficient (Wildman–Crippen LogP) is 0.0610. The molecule has 19 heavy (non-hydrogen) atoms. The SMILES string of the molecule is CC(NC1CCS(=O)(=O)C1)C(=O)NCc1ccco1. The van der Waals surface area contributed by atoms with Gasteiger partial charge in [0.2, 0.25) is 5.91 Å². The molecule has 0 spiro atoms. The van der Waals surface area contributed by atoms with Crippen molar-refractivity contribution in [3.63, 3.8) is 0 Å². The maximum absolute atomic E-state index is 11.8. The van der Waals surface area contributed by atoms with E-state index in [2.05, 4.69) is 10.6 Å². The van der Waals surface area contributed by atoms with Gasteiger partial charge >= 0.3 is 0 Å². The van der Waals surface area contributed by atoms with Crippen LogP contribution in [-0.4, -0.2) is 37.9 Å². The lowest BCUT2D eigenvalue weighted by Crippen LogP contribution is -2.46. The summed E-state index contributed by atoms with van der Waals surface area (Å²) in [5.41, 5.74) is 0. The van der Waals surface area contributed by atoms with Gasteiger partial charge in [-0.05, 0) is 25.5 Å². The molecule has 0 aromatic carbocycles. The van der Waals surface area contributed by atoms with Crippen molar-refractivity contribution in [2.45, 2.75) is 32.0 Å². The molecule has 1 aliphatic heterocycles. The molecule has 1 amide bonds. The van der Waals surface area contributed by atoms with Crippen molar-refractivity contribution in [3.8, 4) is 0 Å². The van der Waals surface area contributed by atoms with Gasteiger partial charge in [0, 0.05) is 6.04 Å². The lowest BCUT2D eigenvalue weighted by atomic mass is 10.2. The molecule has 0 aliphatic carbocycles. The van der Waals surface area contributed by atoms with Gasteiger partial charge in [0.1, 0.15) is 5.76 Å². The van der Waals surface area contributed by atoms with Gasteiger partial charge in [0.25, 0.3) is 0 Å². The topological polar surface area (TPSA) is 88.4 Å². The van der Waals surface area contributed by atoms with Gasteiger partial charge in [0.15, 0.2) is 9.84 Å². The minimum atomic E-state index is -2.92. The number of sulfone groups is 1. The molecule has 1 saturated heterocycles. The molecule has 2 atom stereocenters. The van der Waals surface area contributed by atoms with Crippen LogP contribution >= 0.6 is 0 Å². The fraction of sp³-hybridized carbons (Fsp3) is 0.583. The first-order valence-electron chi connectivity index (χ1n) is 6.23. The van der Waals surface area contributed by atoms with Crippen LogP contribution in [0.25, 0.3) is 0 Å². The van der Waals surface area contributed by atoms with Crippen LogP contribution in [0.4, 0.5) is 0 Å². The summed E-state index contributed by atoms with van der Waals surface area (Å²) >= 11 is 0. The van der Waals surface area contributed by atoms with Crippen LogP contribution in [0.2, 0.25) is 0 Å². The zero-order valence-electron chi connectivity index (χ0n) is 10.8. The summed E-state index contributed by atoms with van der Waals surface area (Å²) in [5.74, 6) is 0.832. The molecule has 2 N–H and O–H groups in total. The molecule has 1 aliphatic rings. The van der Waals surface area contributed by atoms with E-state index in [1.165, 1.54) is 0 Å². The Morgan fingerprint density at radius 3 is 2.95 bits per heavy atom. The Morgan fingerprint density at radius 2 is 2.37 bits per heavy atom. The summed E-state index contributed by atoms with van der Waals surface area (Å²) < 4.78 is 27.8. The second kappa shape index (κ2) is 5.75. The minimum absolute atomic E-state index is 0.114. The molecule has 6 nitrogen and oxygen atoms in total. The Morgan fingerprint density at radius 1 is 1.58 bits per heavy atom. The number of nitrogens with one attached hydrogen (secondary N) is 2. The summed E-state index contributed by atoms with van der Waals surface area (Å²) in [5, 5.41) is 5.78. The van der Waals surface area contributed by atoms with Crippen molar-refractivity contribution in [2.75, 3.05) is 11.5 Å². The molecule has 0 bridgehead atoms. The second-order valence-electron chi connectivity index (χ2n) is 4.79. The van der Waals surface area contributed by atoms with Crippen molar-refractivity contribution < 1.29 is 17.6 Å². The van der Waals surface area contributed by atoms with Crippen molar-refractivity contribution >= 4 is 15.7 Å². The van der Waals surface area contributed by atoms with E-state index in [4.69, 9.17) is 4.42 Å². The van der Waals surface area contributed by atoms with Crippen molar-refractivity contribution in [3.05, 3.63) is 24.2 Å². The van der Waals surface area contributed by atoms with Gasteiger partial charge in [-0.2, -0.15) is 0 Å². The highest BCUT2D eigenvalue weighted by Gasteiger charge is 2.29. The fourth-order valence-electron chi connectivity index (χ4n) is 2.10. The van der Waals surface area contributed by atoms with Crippen LogP contribution in [0.5, 0.6) is 0 Å². The van der Waals surface area contributed by atoms with E-state index >= 15 is 0 Å². The van der Waals surface area contributed by atoms with Crippen LogP contribution < -0.4 is 10.6 Å². The molecular formula is C12H18N2O4S. The van der Waals surface area contributed by atoms with E-state index in [0.29, 0.717) is 18.7 Å². The molecule has 106 valence electrons. The zero-order valence-corrected chi connectivity index (χ0v) is 11.6. The van der Waals surface area contributed by atoms with E-state index in [-0.39, 0.29) is 23.5 Å². The standard InChI is InChI=1S/C12H18N2O4S/c1-9(14-10-4-6-19(16,17)8-10)12(15)13-7-11-3-2-5-18-11/h2-3,5,9-10,14H,4,6-8H2,1H3,(H,13,15). The van der Waals surface area contributed by atoms with Gasteiger partial charge in [0.05, 0.1) is 30.4 Å². The van der Waals surface area contributed by atoms with E-state index in [1.54, 1.807) is 25.3 Å². The van der Waals surface area contributed by atoms with Gasteiger partial charge in [-0.3, -0.25) is 4.79 Å². The Hall–Kier alpha value is -1.34. The van der Waals surface area contributed by atoms with Gasteiger partial charge in [-0.25, -0.2) is 8.42 Å². The monoisotopic (exact) mass is 286 g/mol. The number of rotatable bonds is 5. The maximum Gasteiger partial charge on any atom is 0.237 e. The number of hydrogen-bond donors (Lipinski definition) is 2. The fourth-order valence-corrected chi connectivity index (χ4v) is 3.78. The largest absolute Gasteiger partial charge is 0.467 e.